The van der Waals surface area contributed by atoms with E-state index in [4.69, 9.17) is 16.3 Å². The van der Waals surface area contributed by atoms with Crippen molar-refractivity contribution in [3.63, 3.8) is 0 Å². The van der Waals surface area contributed by atoms with Crippen LogP contribution in [-0.4, -0.2) is 47.8 Å². The number of allylic oxidation sites excluding steroid dienone is 1. The van der Waals surface area contributed by atoms with Crippen LogP contribution in [0.4, 0.5) is 5.69 Å². The monoisotopic (exact) mass is 484 g/mol. The Kier molecular flexibility index (Phi) is 7.25. The number of rotatable bonds is 6. The second-order valence-electron chi connectivity index (χ2n) is 7.68. The third kappa shape index (κ3) is 5.34. The lowest BCUT2D eigenvalue weighted by Gasteiger charge is -2.40. The summed E-state index contributed by atoms with van der Waals surface area (Å²) in [4.78, 5) is 31.9. The van der Waals surface area contributed by atoms with E-state index in [1.807, 2.05) is 31.2 Å². The van der Waals surface area contributed by atoms with E-state index in [1.165, 1.54) is 0 Å². The van der Waals surface area contributed by atoms with Crippen LogP contribution in [0.2, 0.25) is 5.02 Å². The summed E-state index contributed by atoms with van der Waals surface area (Å²) >= 11 is 7.58. The van der Waals surface area contributed by atoms with E-state index >= 15 is 0 Å². The van der Waals surface area contributed by atoms with E-state index in [0.29, 0.717) is 22.0 Å². The highest BCUT2D eigenvalue weighted by atomic mass is 35.5. The normalized spacial score (nSPS) is 17.7. The van der Waals surface area contributed by atoms with Crippen molar-refractivity contribution in [3.8, 4) is 5.75 Å². The maximum Gasteiger partial charge on any atom is 0.262 e. The average molecular weight is 485 g/mol. The van der Waals surface area contributed by atoms with Crippen LogP contribution in [0.1, 0.15) is 24.9 Å². The van der Waals surface area contributed by atoms with Crippen molar-refractivity contribution in [1.82, 2.24) is 10.2 Å². The van der Waals surface area contributed by atoms with Crippen LogP contribution >= 0.6 is 23.4 Å². The molecule has 7 nitrogen and oxygen atoms in total. The molecule has 1 unspecified atom stereocenters. The number of ether oxygens (including phenoxy) is 1. The zero-order chi connectivity index (χ0) is 23.4. The number of hydrogen-bond donors (Lipinski definition) is 2. The van der Waals surface area contributed by atoms with E-state index in [-0.39, 0.29) is 24.5 Å². The summed E-state index contributed by atoms with van der Waals surface area (Å²) in [7, 11) is 1.63. The zero-order valence-corrected chi connectivity index (χ0v) is 20.0. The highest BCUT2D eigenvalue weighted by molar-refractivity contribution is 8.13. The second kappa shape index (κ2) is 10.3. The molecule has 1 saturated heterocycles. The molecule has 2 aliphatic heterocycles. The minimum atomic E-state index is -0.265. The van der Waals surface area contributed by atoms with Crippen molar-refractivity contribution in [2.45, 2.75) is 19.4 Å². The van der Waals surface area contributed by atoms with Gasteiger partial charge in [-0.3, -0.25) is 9.59 Å². The Labute approximate surface area is 202 Å². The van der Waals surface area contributed by atoms with E-state index in [0.717, 1.165) is 35.1 Å². The Morgan fingerprint density at radius 3 is 2.61 bits per heavy atom. The Balaban J connectivity index is 1.48. The Bertz CT molecular complexity index is 1100. The summed E-state index contributed by atoms with van der Waals surface area (Å²) in [5.74, 6) is 1.20. The summed E-state index contributed by atoms with van der Waals surface area (Å²) in [6.45, 7) is 2.61. The van der Waals surface area contributed by atoms with Crippen LogP contribution in [0.5, 0.6) is 5.75 Å². The SMILES string of the molecule is CNC(=O)C1=C(C)N=C2SCCCN2C1c1ccc(NC(=O)COc2ccc(Cl)cc2)cc1. The van der Waals surface area contributed by atoms with Crippen molar-refractivity contribution in [3.05, 3.63) is 70.4 Å². The van der Waals surface area contributed by atoms with Crippen LogP contribution in [0, 0.1) is 0 Å². The molecule has 0 radical (unpaired) electrons. The van der Waals surface area contributed by atoms with Crippen LogP contribution in [-0.2, 0) is 9.59 Å². The first-order valence-electron chi connectivity index (χ1n) is 10.7. The molecular weight excluding hydrogens is 460 g/mol. The maximum absolute atomic E-state index is 12.7. The lowest BCUT2D eigenvalue weighted by atomic mass is 9.93. The number of fused-ring (bicyclic) bond motifs is 1. The Morgan fingerprint density at radius 2 is 1.91 bits per heavy atom. The minimum Gasteiger partial charge on any atom is -0.484 e. The van der Waals surface area contributed by atoms with Crippen molar-refractivity contribution < 1.29 is 14.3 Å². The molecular formula is C24H25ClN4O3S. The van der Waals surface area contributed by atoms with Crippen molar-refractivity contribution in [2.75, 3.05) is 31.3 Å². The van der Waals surface area contributed by atoms with Gasteiger partial charge in [-0.05, 0) is 55.3 Å². The van der Waals surface area contributed by atoms with E-state index < -0.39 is 0 Å². The van der Waals surface area contributed by atoms with Crippen LogP contribution in [0.25, 0.3) is 0 Å². The Hall–Kier alpha value is -2.97. The molecule has 9 heteroatoms. The number of aliphatic imine (C=N–C) groups is 1. The predicted molar refractivity (Wildman–Crippen MR) is 133 cm³/mol. The highest BCUT2D eigenvalue weighted by Gasteiger charge is 2.36. The predicted octanol–water partition coefficient (Wildman–Crippen LogP) is 4.23. The smallest absolute Gasteiger partial charge is 0.262 e. The van der Waals surface area contributed by atoms with Gasteiger partial charge in [-0.1, -0.05) is 35.5 Å². The van der Waals surface area contributed by atoms with Crippen LogP contribution in [0.15, 0.2) is 64.8 Å². The number of carbonyl (C=O) groups is 2. The fourth-order valence-corrected chi connectivity index (χ4v) is 5.01. The largest absolute Gasteiger partial charge is 0.484 e. The molecule has 33 heavy (non-hydrogen) atoms. The number of amides is 2. The first-order chi connectivity index (χ1) is 16.0. The lowest BCUT2D eigenvalue weighted by Crippen LogP contribution is -2.43. The molecule has 2 aromatic carbocycles. The quantitative estimate of drug-likeness (QED) is 0.641. The van der Waals surface area contributed by atoms with E-state index in [1.54, 1.807) is 43.1 Å². The number of nitrogens with zero attached hydrogens (tertiary/aromatic N) is 2. The van der Waals surface area contributed by atoms with E-state index in [9.17, 15) is 9.59 Å². The van der Waals surface area contributed by atoms with Gasteiger partial charge in [-0.2, -0.15) is 0 Å². The van der Waals surface area contributed by atoms with Crippen molar-refractivity contribution in [2.24, 2.45) is 4.99 Å². The Morgan fingerprint density at radius 1 is 1.18 bits per heavy atom. The molecule has 0 saturated carbocycles. The number of anilines is 1. The number of amidine groups is 1. The lowest BCUT2D eigenvalue weighted by molar-refractivity contribution is -0.118. The average Bonchev–Trinajstić information content (AvgIpc) is 2.83. The number of thioether (sulfide) groups is 1. The molecule has 0 aliphatic carbocycles. The molecule has 2 N–H and O–H groups in total. The number of benzene rings is 2. The van der Waals surface area contributed by atoms with Crippen molar-refractivity contribution in [1.29, 1.82) is 0 Å². The van der Waals surface area contributed by atoms with Gasteiger partial charge in [0.1, 0.15) is 5.75 Å². The van der Waals surface area contributed by atoms with Gasteiger partial charge in [-0.15, -0.1) is 0 Å². The van der Waals surface area contributed by atoms with Gasteiger partial charge in [0.2, 0.25) is 0 Å². The maximum atomic E-state index is 12.7. The molecule has 2 heterocycles. The number of likely N-dealkylation sites (N-methyl/N-ethyl adjacent to an activating group) is 1. The van der Waals surface area contributed by atoms with Gasteiger partial charge in [0.05, 0.1) is 17.3 Å². The molecule has 0 bridgehead atoms. The molecule has 2 aromatic rings. The van der Waals surface area contributed by atoms with Gasteiger partial charge >= 0.3 is 0 Å². The molecule has 172 valence electrons. The third-order valence-electron chi connectivity index (χ3n) is 5.42. The van der Waals surface area contributed by atoms with Gasteiger partial charge < -0.3 is 20.3 Å². The van der Waals surface area contributed by atoms with Crippen LogP contribution < -0.4 is 15.4 Å². The molecule has 1 atom stereocenters. The van der Waals surface area contributed by atoms with Gasteiger partial charge in [-0.25, -0.2) is 4.99 Å². The molecule has 0 aromatic heterocycles. The number of nitrogens with one attached hydrogen (secondary N) is 2. The minimum absolute atomic E-state index is 0.112. The number of hydrogen-bond acceptors (Lipinski definition) is 6. The molecule has 1 fully saturated rings. The fourth-order valence-electron chi connectivity index (χ4n) is 3.87. The zero-order valence-electron chi connectivity index (χ0n) is 18.4. The van der Waals surface area contributed by atoms with Gasteiger partial charge in [0, 0.05) is 30.1 Å². The highest BCUT2D eigenvalue weighted by Crippen LogP contribution is 2.39. The van der Waals surface area contributed by atoms with E-state index in [2.05, 4.69) is 20.5 Å². The second-order valence-corrected chi connectivity index (χ2v) is 9.18. The summed E-state index contributed by atoms with van der Waals surface area (Å²) in [5, 5.41) is 7.15. The molecule has 2 aliphatic rings. The number of carbonyl (C=O) groups excluding carboxylic acids is 2. The summed E-state index contributed by atoms with van der Waals surface area (Å²) in [6, 6.07) is 14.2. The first kappa shape index (κ1) is 23.2. The first-order valence-corrected chi connectivity index (χ1v) is 12.0. The topological polar surface area (TPSA) is 83.0 Å². The molecule has 0 spiro atoms. The number of halogens is 1. The summed E-state index contributed by atoms with van der Waals surface area (Å²) < 4.78 is 5.49. The fraction of sp³-hybridized carbons (Fsp3) is 0.292. The standard InChI is InChI=1S/C24H25ClN4O3S/c1-15-21(23(31)26-2)22(29-12-3-13-33-24(29)27-15)16-4-8-18(9-5-16)28-20(30)14-32-19-10-6-17(25)7-11-19/h4-11,22H,3,12-14H2,1-2H3,(H,26,31)(H,28,30). The van der Waals surface area contributed by atoms with Gasteiger partial charge in [0.25, 0.3) is 11.8 Å². The summed E-state index contributed by atoms with van der Waals surface area (Å²) in [6.07, 6.45) is 1.03. The molecule has 2 amide bonds. The summed E-state index contributed by atoms with van der Waals surface area (Å²) in [5.41, 5.74) is 3.01. The van der Waals surface area contributed by atoms with Crippen molar-refractivity contribution >= 4 is 46.0 Å². The molecule has 4 rings (SSSR count). The van der Waals surface area contributed by atoms with Crippen LogP contribution in [0.3, 0.4) is 0 Å². The van der Waals surface area contributed by atoms with Gasteiger partial charge in [0.15, 0.2) is 11.8 Å². The third-order valence-corrected chi connectivity index (χ3v) is 6.75.